The molecule has 2 fully saturated rings. The summed E-state index contributed by atoms with van der Waals surface area (Å²) in [5.74, 6) is 0. The molecule has 0 unspecified atom stereocenters. The van der Waals surface area contributed by atoms with Gasteiger partial charge in [-0.25, -0.2) is 0 Å². The SMILES string of the molecule is O[C@@]1(c2ccc(Br)cc2)CCN2CCC[C@H]21. The summed E-state index contributed by atoms with van der Waals surface area (Å²) in [5, 5.41) is 10.9. The number of fused-ring (bicyclic) bond motifs is 1. The van der Waals surface area contributed by atoms with Gasteiger partial charge in [-0.3, -0.25) is 4.90 Å². The second-order valence-corrected chi connectivity index (χ2v) is 5.79. The largest absolute Gasteiger partial charge is 0.383 e. The van der Waals surface area contributed by atoms with Crippen molar-refractivity contribution >= 4 is 15.9 Å². The Labute approximate surface area is 104 Å². The molecule has 1 aromatic rings. The van der Waals surface area contributed by atoms with E-state index in [1.165, 1.54) is 6.42 Å². The molecule has 2 heterocycles. The summed E-state index contributed by atoms with van der Waals surface area (Å²) in [5.41, 5.74) is 0.460. The van der Waals surface area contributed by atoms with E-state index >= 15 is 0 Å². The van der Waals surface area contributed by atoms with Gasteiger partial charge >= 0.3 is 0 Å². The van der Waals surface area contributed by atoms with Gasteiger partial charge in [0.25, 0.3) is 0 Å². The smallest absolute Gasteiger partial charge is 0.106 e. The van der Waals surface area contributed by atoms with Gasteiger partial charge in [-0.2, -0.15) is 0 Å². The van der Waals surface area contributed by atoms with E-state index < -0.39 is 5.60 Å². The molecule has 2 aliphatic heterocycles. The van der Waals surface area contributed by atoms with Crippen LogP contribution >= 0.6 is 15.9 Å². The fourth-order valence-electron chi connectivity index (χ4n) is 3.19. The third-order valence-electron chi connectivity index (χ3n) is 4.04. The molecular weight excluding hydrogens is 266 g/mol. The summed E-state index contributed by atoms with van der Waals surface area (Å²) in [6, 6.07) is 8.47. The fourth-order valence-corrected chi connectivity index (χ4v) is 3.45. The topological polar surface area (TPSA) is 23.5 Å². The van der Waals surface area contributed by atoms with Crippen molar-refractivity contribution in [3.05, 3.63) is 34.3 Å². The van der Waals surface area contributed by atoms with Crippen LogP contribution in [-0.2, 0) is 5.60 Å². The van der Waals surface area contributed by atoms with E-state index in [1.807, 2.05) is 24.3 Å². The zero-order chi connectivity index (χ0) is 11.2. The molecule has 1 aromatic carbocycles. The van der Waals surface area contributed by atoms with Crippen LogP contribution in [0.15, 0.2) is 28.7 Å². The zero-order valence-electron chi connectivity index (χ0n) is 9.19. The van der Waals surface area contributed by atoms with Crippen LogP contribution in [0.1, 0.15) is 24.8 Å². The van der Waals surface area contributed by atoms with Crippen LogP contribution in [0.4, 0.5) is 0 Å². The fraction of sp³-hybridized carbons (Fsp3) is 0.538. The Bertz CT molecular complexity index is 391. The average Bonchev–Trinajstić information content (AvgIpc) is 2.85. The Hall–Kier alpha value is -0.380. The number of hydrogen-bond donors (Lipinski definition) is 1. The Morgan fingerprint density at radius 3 is 2.75 bits per heavy atom. The van der Waals surface area contributed by atoms with E-state index in [0.717, 1.165) is 36.0 Å². The van der Waals surface area contributed by atoms with Crippen molar-refractivity contribution < 1.29 is 5.11 Å². The Balaban J connectivity index is 1.95. The second-order valence-electron chi connectivity index (χ2n) is 4.88. The number of aliphatic hydroxyl groups is 1. The lowest BCUT2D eigenvalue weighted by Crippen LogP contribution is -2.38. The first-order chi connectivity index (χ1) is 7.70. The van der Waals surface area contributed by atoms with E-state index in [4.69, 9.17) is 0 Å². The summed E-state index contributed by atoms with van der Waals surface area (Å²) in [4.78, 5) is 2.43. The molecular formula is C13H16BrNO. The van der Waals surface area contributed by atoms with Crippen molar-refractivity contribution in [1.29, 1.82) is 0 Å². The molecule has 0 aliphatic carbocycles. The minimum atomic E-state index is -0.614. The van der Waals surface area contributed by atoms with Crippen LogP contribution in [0, 0.1) is 0 Å². The molecule has 16 heavy (non-hydrogen) atoms. The molecule has 3 rings (SSSR count). The summed E-state index contributed by atoms with van der Waals surface area (Å²) in [7, 11) is 0. The molecule has 0 radical (unpaired) electrons. The van der Waals surface area contributed by atoms with E-state index in [1.54, 1.807) is 0 Å². The number of rotatable bonds is 1. The lowest BCUT2D eigenvalue weighted by Gasteiger charge is -2.30. The highest BCUT2D eigenvalue weighted by atomic mass is 79.9. The summed E-state index contributed by atoms with van der Waals surface area (Å²) in [6.07, 6.45) is 3.23. The maximum atomic E-state index is 10.9. The van der Waals surface area contributed by atoms with E-state index in [2.05, 4.69) is 20.8 Å². The molecule has 2 saturated heterocycles. The number of halogens is 1. The number of benzene rings is 1. The van der Waals surface area contributed by atoms with Crippen LogP contribution in [0.5, 0.6) is 0 Å². The highest BCUT2D eigenvalue weighted by molar-refractivity contribution is 9.10. The third kappa shape index (κ3) is 1.53. The normalized spacial score (nSPS) is 34.2. The van der Waals surface area contributed by atoms with Crippen LogP contribution in [-0.4, -0.2) is 29.1 Å². The quantitative estimate of drug-likeness (QED) is 0.855. The van der Waals surface area contributed by atoms with Crippen molar-refractivity contribution in [3.63, 3.8) is 0 Å². The predicted octanol–water partition coefficient (Wildman–Crippen LogP) is 2.50. The van der Waals surface area contributed by atoms with Crippen LogP contribution in [0.25, 0.3) is 0 Å². The first-order valence-corrected chi connectivity index (χ1v) is 6.72. The molecule has 3 heteroatoms. The molecule has 86 valence electrons. The summed E-state index contributed by atoms with van der Waals surface area (Å²) >= 11 is 3.44. The van der Waals surface area contributed by atoms with Gasteiger partial charge in [0, 0.05) is 17.1 Å². The van der Waals surface area contributed by atoms with Gasteiger partial charge in [-0.05, 0) is 43.5 Å². The first-order valence-electron chi connectivity index (χ1n) is 5.93. The Morgan fingerprint density at radius 2 is 2.00 bits per heavy atom. The maximum Gasteiger partial charge on any atom is 0.106 e. The van der Waals surface area contributed by atoms with Crippen LogP contribution in [0.3, 0.4) is 0 Å². The average molecular weight is 282 g/mol. The molecule has 0 bridgehead atoms. The third-order valence-corrected chi connectivity index (χ3v) is 4.57. The molecule has 2 aliphatic rings. The van der Waals surface area contributed by atoms with E-state index in [-0.39, 0.29) is 0 Å². The van der Waals surface area contributed by atoms with Crippen molar-refractivity contribution in [2.45, 2.75) is 30.9 Å². The Morgan fingerprint density at radius 1 is 1.25 bits per heavy atom. The molecule has 2 atom stereocenters. The monoisotopic (exact) mass is 281 g/mol. The van der Waals surface area contributed by atoms with Gasteiger partial charge in [0.2, 0.25) is 0 Å². The van der Waals surface area contributed by atoms with Crippen molar-refractivity contribution in [3.8, 4) is 0 Å². The number of hydrogen-bond acceptors (Lipinski definition) is 2. The highest BCUT2D eigenvalue weighted by Gasteiger charge is 2.48. The number of nitrogens with zero attached hydrogens (tertiary/aromatic N) is 1. The lowest BCUT2D eigenvalue weighted by atomic mass is 9.85. The maximum absolute atomic E-state index is 10.9. The minimum Gasteiger partial charge on any atom is -0.383 e. The molecule has 0 spiro atoms. The van der Waals surface area contributed by atoms with Crippen molar-refractivity contribution in [2.24, 2.45) is 0 Å². The molecule has 1 N–H and O–H groups in total. The zero-order valence-corrected chi connectivity index (χ0v) is 10.8. The van der Waals surface area contributed by atoms with E-state index in [9.17, 15) is 5.11 Å². The summed E-state index contributed by atoms with van der Waals surface area (Å²) < 4.78 is 1.07. The van der Waals surface area contributed by atoms with Gasteiger partial charge < -0.3 is 5.11 Å². The van der Waals surface area contributed by atoms with Gasteiger partial charge in [-0.15, -0.1) is 0 Å². The highest BCUT2D eigenvalue weighted by Crippen LogP contribution is 2.42. The Kier molecular flexibility index (Phi) is 2.57. The van der Waals surface area contributed by atoms with Gasteiger partial charge in [0.1, 0.15) is 5.60 Å². The molecule has 0 amide bonds. The van der Waals surface area contributed by atoms with Crippen LogP contribution < -0.4 is 0 Å². The van der Waals surface area contributed by atoms with Crippen molar-refractivity contribution in [1.82, 2.24) is 4.90 Å². The summed E-state index contributed by atoms with van der Waals surface area (Å²) in [6.45, 7) is 2.20. The molecule has 0 saturated carbocycles. The van der Waals surface area contributed by atoms with E-state index in [0.29, 0.717) is 6.04 Å². The predicted molar refractivity (Wildman–Crippen MR) is 67.3 cm³/mol. The lowest BCUT2D eigenvalue weighted by molar-refractivity contribution is 0.00937. The first kappa shape index (κ1) is 10.8. The van der Waals surface area contributed by atoms with Gasteiger partial charge in [0.05, 0.1) is 0 Å². The minimum absolute atomic E-state index is 0.341. The van der Waals surface area contributed by atoms with Crippen LogP contribution in [0.2, 0.25) is 0 Å². The molecule has 0 aromatic heterocycles. The second kappa shape index (κ2) is 3.83. The van der Waals surface area contributed by atoms with Crippen molar-refractivity contribution in [2.75, 3.05) is 13.1 Å². The van der Waals surface area contributed by atoms with Gasteiger partial charge in [-0.1, -0.05) is 28.1 Å². The standard InChI is InChI=1S/C13H16BrNO/c14-11-5-3-10(4-6-11)13(16)7-9-15-8-1-2-12(13)15/h3-6,12,16H,1-2,7-9H2/t12-,13+/m0/s1. The molecule has 2 nitrogen and oxygen atoms in total. The van der Waals surface area contributed by atoms with Gasteiger partial charge in [0.15, 0.2) is 0 Å².